The molecule has 2 rings (SSSR count). The van der Waals surface area contributed by atoms with E-state index in [1.165, 1.54) is 0 Å². The maximum atomic E-state index is 5.54. The van der Waals surface area contributed by atoms with Crippen molar-refractivity contribution in [2.75, 3.05) is 13.7 Å². The van der Waals surface area contributed by atoms with Crippen LogP contribution in [0.1, 0.15) is 11.1 Å². The van der Waals surface area contributed by atoms with Crippen molar-refractivity contribution in [3.63, 3.8) is 0 Å². The molecule has 2 N–H and O–H groups in total. The Morgan fingerprint density at radius 3 is 2.72 bits per heavy atom. The Morgan fingerprint density at radius 1 is 1.28 bits per heavy atom. The minimum absolute atomic E-state index is 0.621. The van der Waals surface area contributed by atoms with Crippen molar-refractivity contribution >= 4 is 0 Å². The van der Waals surface area contributed by atoms with Crippen molar-refractivity contribution in [2.24, 2.45) is 5.73 Å². The van der Waals surface area contributed by atoms with Gasteiger partial charge in [-0.05, 0) is 37.1 Å². The number of ether oxygens (including phenoxy) is 1. The number of hydrogen-bond acceptors (Lipinski definition) is 3. The van der Waals surface area contributed by atoms with Gasteiger partial charge in [0.1, 0.15) is 5.75 Å². The van der Waals surface area contributed by atoms with Gasteiger partial charge in [-0.2, -0.15) is 0 Å². The highest BCUT2D eigenvalue weighted by molar-refractivity contribution is 5.65. The zero-order chi connectivity index (χ0) is 13.1. The van der Waals surface area contributed by atoms with Crippen LogP contribution in [0.25, 0.3) is 11.3 Å². The second-order valence-electron chi connectivity index (χ2n) is 4.42. The van der Waals surface area contributed by atoms with Crippen molar-refractivity contribution in [3.05, 3.63) is 35.8 Å². The molecule has 0 aliphatic rings. The van der Waals surface area contributed by atoms with Crippen LogP contribution in [0, 0.1) is 13.8 Å². The minimum Gasteiger partial charge on any atom is -0.496 e. The highest BCUT2D eigenvalue weighted by Gasteiger charge is 2.09. The van der Waals surface area contributed by atoms with Crippen LogP contribution in [0.2, 0.25) is 0 Å². The summed E-state index contributed by atoms with van der Waals surface area (Å²) in [7, 11) is 1.69. The predicted octanol–water partition coefficient (Wildman–Crippen LogP) is 2.13. The molecule has 2 aromatic rings. The molecule has 1 aromatic carbocycles. The molecule has 96 valence electrons. The van der Waals surface area contributed by atoms with Crippen LogP contribution in [0.3, 0.4) is 0 Å². The van der Waals surface area contributed by atoms with Gasteiger partial charge in [-0.1, -0.05) is 0 Å². The molecule has 0 bridgehead atoms. The molecule has 0 saturated carbocycles. The van der Waals surface area contributed by atoms with Gasteiger partial charge in [0.15, 0.2) is 0 Å². The van der Waals surface area contributed by atoms with Crippen molar-refractivity contribution in [1.82, 2.24) is 9.55 Å². The molecule has 0 saturated heterocycles. The summed E-state index contributed by atoms with van der Waals surface area (Å²) in [5.41, 5.74) is 9.94. The highest BCUT2D eigenvalue weighted by atomic mass is 16.5. The fraction of sp³-hybridized carbons (Fsp3) is 0.357. The number of benzene rings is 1. The molecule has 4 heteroatoms. The molecule has 0 amide bonds. The third-order valence-corrected chi connectivity index (χ3v) is 3.04. The lowest BCUT2D eigenvalue weighted by Crippen LogP contribution is -2.07. The molecule has 18 heavy (non-hydrogen) atoms. The molecule has 0 atom stereocenters. The largest absolute Gasteiger partial charge is 0.496 e. The van der Waals surface area contributed by atoms with Crippen molar-refractivity contribution in [1.29, 1.82) is 0 Å². The first-order valence-electron chi connectivity index (χ1n) is 6.03. The molecule has 0 radical (unpaired) electrons. The monoisotopic (exact) mass is 245 g/mol. The Morgan fingerprint density at radius 2 is 2.06 bits per heavy atom. The lowest BCUT2D eigenvalue weighted by molar-refractivity contribution is 0.411. The van der Waals surface area contributed by atoms with E-state index in [1.807, 2.05) is 30.1 Å². The third kappa shape index (κ3) is 2.38. The normalized spacial score (nSPS) is 10.7. The van der Waals surface area contributed by atoms with Crippen LogP contribution in [0.4, 0.5) is 0 Å². The molecular weight excluding hydrogens is 226 g/mol. The van der Waals surface area contributed by atoms with E-state index in [-0.39, 0.29) is 0 Å². The van der Waals surface area contributed by atoms with Crippen molar-refractivity contribution < 1.29 is 4.74 Å². The lowest BCUT2D eigenvalue weighted by Gasteiger charge is -2.09. The smallest absolute Gasteiger partial charge is 0.122 e. The summed E-state index contributed by atoms with van der Waals surface area (Å²) in [5, 5.41) is 0. The van der Waals surface area contributed by atoms with Gasteiger partial charge in [-0.15, -0.1) is 0 Å². The fourth-order valence-electron chi connectivity index (χ4n) is 2.06. The van der Waals surface area contributed by atoms with Crippen LogP contribution in [-0.2, 0) is 6.54 Å². The van der Waals surface area contributed by atoms with Gasteiger partial charge in [0.25, 0.3) is 0 Å². The van der Waals surface area contributed by atoms with Gasteiger partial charge in [-0.3, -0.25) is 0 Å². The molecule has 1 aromatic heterocycles. The van der Waals surface area contributed by atoms with E-state index in [2.05, 4.69) is 18.0 Å². The molecule has 4 nitrogen and oxygen atoms in total. The van der Waals surface area contributed by atoms with Gasteiger partial charge < -0.3 is 15.0 Å². The second-order valence-corrected chi connectivity index (χ2v) is 4.42. The van der Waals surface area contributed by atoms with Gasteiger partial charge in [0.2, 0.25) is 0 Å². The van der Waals surface area contributed by atoms with E-state index >= 15 is 0 Å². The molecule has 1 heterocycles. The highest BCUT2D eigenvalue weighted by Crippen LogP contribution is 2.28. The molecule has 0 fully saturated rings. The lowest BCUT2D eigenvalue weighted by atomic mass is 10.0. The van der Waals surface area contributed by atoms with E-state index < -0.39 is 0 Å². The molecule has 0 aliphatic carbocycles. The van der Waals surface area contributed by atoms with Crippen LogP contribution in [-0.4, -0.2) is 23.2 Å². The second kappa shape index (κ2) is 5.23. The third-order valence-electron chi connectivity index (χ3n) is 3.04. The van der Waals surface area contributed by atoms with Gasteiger partial charge in [0.05, 0.1) is 19.1 Å². The number of nitrogens with two attached hydrogens (primary N) is 1. The number of rotatable bonds is 4. The maximum absolute atomic E-state index is 5.54. The van der Waals surface area contributed by atoms with Crippen LogP contribution in [0.5, 0.6) is 5.75 Å². The van der Waals surface area contributed by atoms with Gasteiger partial charge in [0, 0.05) is 24.8 Å². The quantitative estimate of drug-likeness (QED) is 0.897. The summed E-state index contributed by atoms with van der Waals surface area (Å²) in [6.07, 6.45) is 3.85. The SMILES string of the molecule is COc1cc(C)c(-c2cn(CCN)cn2)cc1C. The number of aromatic nitrogens is 2. The Kier molecular flexibility index (Phi) is 3.67. The number of methoxy groups -OCH3 is 1. The Bertz CT molecular complexity index is 546. The Hall–Kier alpha value is -1.81. The maximum Gasteiger partial charge on any atom is 0.122 e. The van der Waals surface area contributed by atoms with Crippen molar-refractivity contribution in [2.45, 2.75) is 20.4 Å². The predicted molar refractivity (Wildman–Crippen MR) is 72.7 cm³/mol. The van der Waals surface area contributed by atoms with Crippen LogP contribution in [0.15, 0.2) is 24.7 Å². The zero-order valence-corrected chi connectivity index (χ0v) is 11.1. The fourth-order valence-corrected chi connectivity index (χ4v) is 2.06. The van der Waals surface area contributed by atoms with E-state index in [9.17, 15) is 0 Å². The van der Waals surface area contributed by atoms with Gasteiger partial charge >= 0.3 is 0 Å². The average Bonchev–Trinajstić information content (AvgIpc) is 2.80. The first-order valence-corrected chi connectivity index (χ1v) is 6.03. The Balaban J connectivity index is 2.40. The van der Waals surface area contributed by atoms with Crippen LogP contribution >= 0.6 is 0 Å². The molecule has 0 unspecified atom stereocenters. The summed E-state index contributed by atoms with van der Waals surface area (Å²) in [6.45, 7) is 5.52. The summed E-state index contributed by atoms with van der Waals surface area (Å²) >= 11 is 0. The number of hydrogen-bond donors (Lipinski definition) is 1. The summed E-state index contributed by atoms with van der Waals surface area (Å²) < 4.78 is 7.33. The average molecular weight is 245 g/mol. The molecule has 0 aliphatic heterocycles. The van der Waals surface area contributed by atoms with Crippen molar-refractivity contribution in [3.8, 4) is 17.0 Å². The standard InChI is InChI=1S/C14H19N3O/c1-10-7-14(18-3)11(2)6-12(10)13-8-17(5-4-15)9-16-13/h6-9H,4-5,15H2,1-3H3. The molecule has 0 spiro atoms. The summed E-state index contributed by atoms with van der Waals surface area (Å²) in [6, 6.07) is 4.16. The van der Waals surface area contributed by atoms with Gasteiger partial charge in [-0.25, -0.2) is 4.98 Å². The molecular formula is C14H19N3O. The number of aryl methyl sites for hydroxylation is 2. The van der Waals surface area contributed by atoms with E-state index in [4.69, 9.17) is 10.5 Å². The van der Waals surface area contributed by atoms with E-state index in [0.717, 1.165) is 34.7 Å². The summed E-state index contributed by atoms with van der Waals surface area (Å²) in [5.74, 6) is 0.914. The minimum atomic E-state index is 0.621. The first kappa shape index (κ1) is 12.6. The van der Waals surface area contributed by atoms with E-state index in [1.54, 1.807) is 7.11 Å². The van der Waals surface area contributed by atoms with E-state index in [0.29, 0.717) is 6.54 Å². The number of nitrogens with zero attached hydrogens (tertiary/aromatic N) is 2. The first-order chi connectivity index (χ1) is 8.65. The summed E-state index contributed by atoms with van der Waals surface area (Å²) in [4.78, 5) is 4.43. The number of imidazole rings is 1. The van der Waals surface area contributed by atoms with Crippen LogP contribution < -0.4 is 10.5 Å². The topological polar surface area (TPSA) is 53.1 Å². The zero-order valence-electron chi connectivity index (χ0n) is 11.1. The Labute approximate surface area is 107 Å².